The summed E-state index contributed by atoms with van der Waals surface area (Å²) < 4.78 is 5.81. The van der Waals surface area contributed by atoms with Gasteiger partial charge in [-0.05, 0) is 30.0 Å². The van der Waals surface area contributed by atoms with Gasteiger partial charge in [0, 0.05) is 12.2 Å². The number of aliphatic carboxylic acids is 1. The number of carbonyl (C=O) groups excluding carboxylic acids is 1. The molecule has 0 fully saturated rings. The Kier molecular flexibility index (Phi) is 9.08. The minimum Gasteiger partial charge on any atom is -0.872 e. The van der Waals surface area contributed by atoms with Crippen LogP contribution in [0.4, 0.5) is 5.69 Å². The van der Waals surface area contributed by atoms with E-state index in [1.807, 2.05) is 30.3 Å². The zero-order valence-corrected chi connectivity index (χ0v) is 17.8. The van der Waals surface area contributed by atoms with Crippen LogP contribution in [0, 0.1) is 5.41 Å². The third-order valence-corrected chi connectivity index (χ3v) is 4.05. The van der Waals surface area contributed by atoms with Crippen LogP contribution in [0.15, 0.2) is 58.5 Å². The molecule has 7 heteroatoms. The quantitative estimate of drug-likeness (QED) is 0.537. The third-order valence-electron chi connectivity index (χ3n) is 4.05. The Morgan fingerprint density at radius 3 is 2.34 bits per heavy atom. The minimum atomic E-state index is -1.08. The maximum atomic E-state index is 11.8. The molecule has 0 saturated heterocycles. The maximum absolute atomic E-state index is 11.8. The Bertz CT molecular complexity index is 884. The van der Waals surface area contributed by atoms with Crippen LogP contribution >= 0.6 is 0 Å². The molecular formula is C22H24CuN2O4. The minimum absolute atomic E-state index is 0. The second-order valence-electron chi connectivity index (χ2n) is 7.43. The number of hydrogen-bond acceptors (Lipinski definition) is 6. The number of hydrogen-bond donors (Lipinski definition) is 0. The van der Waals surface area contributed by atoms with Crippen molar-refractivity contribution in [1.82, 2.24) is 0 Å². The van der Waals surface area contributed by atoms with Crippen molar-refractivity contribution in [2.24, 2.45) is 15.4 Å². The molecule has 0 N–H and O–H groups in total. The van der Waals surface area contributed by atoms with Crippen molar-refractivity contribution in [1.29, 1.82) is 0 Å². The van der Waals surface area contributed by atoms with Crippen LogP contribution in [0.3, 0.4) is 0 Å². The average Bonchev–Trinajstić information content (AvgIpc) is 3.11. The predicted octanol–water partition coefficient (Wildman–Crippen LogP) is 2.46. The largest absolute Gasteiger partial charge is 2.00 e. The van der Waals surface area contributed by atoms with Crippen LogP contribution in [0.2, 0.25) is 0 Å². The molecule has 6 nitrogen and oxygen atoms in total. The number of ether oxygens (including phenoxy) is 1. The van der Waals surface area contributed by atoms with Gasteiger partial charge in [-0.1, -0.05) is 57.2 Å². The Morgan fingerprint density at radius 2 is 1.76 bits per heavy atom. The predicted molar refractivity (Wildman–Crippen MR) is 106 cm³/mol. The number of carboxylic acids is 1. The monoisotopic (exact) mass is 443 g/mol. The van der Waals surface area contributed by atoms with Crippen molar-refractivity contribution in [3.8, 4) is 5.75 Å². The van der Waals surface area contributed by atoms with E-state index in [4.69, 9.17) is 19.6 Å². The summed E-state index contributed by atoms with van der Waals surface area (Å²) in [5.41, 5.74) is 2.22. The van der Waals surface area contributed by atoms with Gasteiger partial charge in [0.25, 0.3) is 0 Å². The summed E-state index contributed by atoms with van der Waals surface area (Å²) in [6.07, 6.45) is 1.60. The zero-order chi connectivity index (χ0) is 20.7. The maximum Gasteiger partial charge on any atom is 2.00 e. The van der Waals surface area contributed by atoms with Crippen molar-refractivity contribution in [3.63, 3.8) is 0 Å². The van der Waals surface area contributed by atoms with Crippen molar-refractivity contribution in [2.75, 3.05) is 6.61 Å². The molecule has 1 aliphatic rings. The molecule has 2 aromatic carbocycles. The van der Waals surface area contributed by atoms with Crippen LogP contribution in [-0.2, 0) is 26.6 Å². The number of rotatable bonds is 3. The van der Waals surface area contributed by atoms with E-state index in [1.54, 1.807) is 18.3 Å². The van der Waals surface area contributed by atoms with E-state index in [0.29, 0.717) is 18.1 Å². The van der Waals surface area contributed by atoms with Gasteiger partial charge in [-0.3, -0.25) is 4.99 Å². The van der Waals surface area contributed by atoms with E-state index in [-0.39, 0.29) is 34.3 Å². The van der Waals surface area contributed by atoms with Gasteiger partial charge >= 0.3 is 17.1 Å². The molecular weight excluding hydrogens is 420 g/mol. The van der Waals surface area contributed by atoms with Crippen molar-refractivity contribution < 1.29 is 36.8 Å². The molecule has 29 heavy (non-hydrogen) atoms. The molecule has 1 atom stereocenters. The molecule has 3 rings (SSSR count). The molecule has 2 aromatic rings. The van der Waals surface area contributed by atoms with E-state index in [9.17, 15) is 5.11 Å². The average molecular weight is 444 g/mol. The number of carboxylic acid groups (broad SMARTS) is 1. The topological polar surface area (TPSA) is 97.1 Å². The molecule has 0 aromatic heterocycles. The van der Waals surface area contributed by atoms with E-state index < -0.39 is 5.97 Å². The summed E-state index contributed by atoms with van der Waals surface area (Å²) in [6.45, 7) is 8.02. The Labute approximate surface area is 181 Å². The zero-order valence-electron chi connectivity index (χ0n) is 16.8. The molecule has 157 valence electrons. The molecule has 0 unspecified atom stereocenters. The Balaban J connectivity index is 0.000000771. The summed E-state index contributed by atoms with van der Waals surface area (Å²) in [6, 6.07) is 14.7. The summed E-state index contributed by atoms with van der Waals surface area (Å²) >= 11 is 0. The van der Waals surface area contributed by atoms with Crippen LogP contribution in [-0.4, -0.2) is 30.7 Å². The van der Waals surface area contributed by atoms with E-state index in [0.717, 1.165) is 18.2 Å². The van der Waals surface area contributed by atoms with Crippen molar-refractivity contribution in [3.05, 3.63) is 59.7 Å². The van der Waals surface area contributed by atoms with Gasteiger partial charge in [0.05, 0.1) is 17.3 Å². The van der Waals surface area contributed by atoms with Crippen LogP contribution in [0.1, 0.15) is 38.8 Å². The standard InChI is InChI=1S/C20H22N2O2.C2H4O2.Cu/c1-20(2,3)18-13-24-19(22-18)15-9-5-6-10-16(15)21-12-14-8-4-7-11-17(14)23;1-2(3)4;/h4-12,18,23H,13H2,1-3H3;1H3,(H,3,4);/q;;+2/p-2/t18-;;/m1../s1. The van der Waals surface area contributed by atoms with E-state index in [1.165, 1.54) is 6.07 Å². The van der Waals surface area contributed by atoms with Gasteiger partial charge in [0.15, 0.2) is 0 Å². The van der Waals surface area contributed by atoms with Gasteiger partial charge in [0.1, 0.15) is 6.61 Å². The van der Waals surface area contributed by atoms with Gasteiger partial charge in [0.2, 0.25) is 5.90 Å². The molecule has 1 radical (unpaired) electrons. The number of carbonyl (C=O) groups is 1. The van der Waals surface area contributed by atoms with Crippen molar-refractivity contribution in [2.45, 2.75) is 33.7 Å². The van der Waals surface area contributed by atoms with Crippen LogP contribution < -0.4 is 10.2 Å². The van der Waals surface area contributed by atoms with Crippen LogP contribution in [0.5, 0.6) is 5.75 Å². The van der Waals surface area contributed by atoms with Crippen molar-refractivity contribution >= 4 is 23.8 Å². The number of aliphatic imine (C=N–C) groups is 2. The first-order valence-corrected chi connectivity index (χ1v) is 8.96. The first-order chi connectivity index (χ1) is 13.2. The van der Waals surface area contributed by atoms with Gasteiger partial charge in [-0.2, -0.15) is 0 Å². The summed E-state index contributed by atoms with van der Waals surface area (Å²) in [4.78, 5) is 18.1. The van der Waals surface area contributed by atoms with E-state index >= 15 is 0 Å². The smallest absolute Gasteiger partial charge is 0.872 e. The second kappa shape index (κ2) is 10.8. The first kappa shape index (κ1) is 24.4. The molecule has 0 bridgehead atoms. The molecule has 0 amide bonds. The summed E-state index contributed by atoms with van der Waals surface area (Å²) in [5.74, 6) is -0.501. The number of para-hydroxylation sites is 2. The molecule has 1 heterocycles. The SMILES string of the molecule is CC(=O)[O-].CC(C)(C)[C@H]1COC(c2ccccc2N=Cc2ccccc2[O-])=N1.[Cu+2]. The van der Waals surface area contributed by atoms with Gasteiger partial charge in [-0.15, -0.1) is 5.75 Å². The van der Waals surface area contributed by atoms with Crippen LogP contribution in [0.25, 0.3) is 0 Å². The number of nitrogens with zero attached hydrogens (tertiary/aromatic N) is 2. The normalized spacial score (nSPS) is 15.6. The Morgan fingerprint density at radius 1 is 1.17 bits per heavy atom. The molecule has 0 aliphatic carbocycles. The van der Waals surface area contributed by atoms with Gasteiger partial charge < -0.3 is 19.7 Å². The number of benzene rings is 2. The fraction of sp³-hybridized carbons (Fsp3) is 0.318. The first-order valence-electron chi connectivity index (χ1n) is 8.96. The fourth-order valence-corrected chi connectivity index (χ4v) is 2.46. The summed E-state index contributed by atoms with van der Waals surface area (Å²) in [7, 11) is 0. The third kappa shape index (κ3) is 7.37. The molecule has 0 saturated carbocycles. The second-order valence-corrected chi connectivity index (χ2v) is 7.43. The van der Waals surface area contributed by atoms with Gasteiger partial charge in [-0.25, -0.2) is 4.99 Å². The Hall–Kier alpha value is -2.63. The van der Waals surface area contributed by atoms with E-state index in [2.05, 4.69) is 25.8 Å². The summed E-state index contributed by atoms with van der Waals surface area (Å²) in [5, 5.41) is 20.7. The molecule has 1 aliphatic heterocycles. The molecule has 0 spiro atoms. The fourth-order valence-electron chi connectivity index (χ4n) is 2.46.